The second-order valence-corrected chi connectivity index (χ2v) is 4.79. The third kappa shape index (κ3) is 3.29. The highest BCUT2D eigenvalue weighted by atomic mass is 16.2. The van der Waals surface area contributed by atoms with Crippen molar-refractivity contribution >= 4 is 5.91 Å². The maximum absolute atomic E-state index is 12.0. The van der Waals surface area contributed by atoms with Crippen LogP contribution in [0.5, 0.6) is 0 Å². The van der Waals surface area contributed by atoms with Gasteiger partial charge in [0, 0.05) is 31.0 Å². The third-order valence-electron chi connectivity index (χ3n) is 3.41. The van der Waals surface area contributed by atoms with Crippen LogP contribution in [0.4, 0.5) is 0 Å². The first kappa shape index (κ1) is 13.0. The van der Waals surface area contributed by atoms with Crippen molar-refractivity contribution in [3.63, 3.8) is 0 Å². The van der Waals surface area contributed by atoms with Crippen molar-refractivity contribution in [2.24, 2.45) is 0 Å². The molecule has 0 bridgehead atoms. The molecule has 18 heavy (non-hydrogen) atoms. The normalized spacial score (nSPS) is 16.3. The van der Waals surface area contributed by atoms with Gasteiger partial charge in [-0.15, -0.1) is 0 Å². The molecular weight excluding hydrogens is 226 g/mol. The number of likely N-dealkylation sites (N-methyl/N-ethyl adjacent to an activating group) is 1. The summed E-state index contributed by atoms with van der Waals surface area (Å²) in [6, 6.07) is 4.62. The van der Waals surface area contributed by atoms with Crippen LogP contribution in [0.25, 0.3) is 0 Å². The highest BCUT2D eigenvalue weighted by Crippen LogP contribution is 2.26. The first-order chi connectivity index (χ1) is 8.72. The van der Waals surface area contributed by atoms with E-state index in [1.54, 1.807) is 12.4 Å². The van der Waals surface area contributed by atoms with Gasteiger partial charge in [-0.3, -0.25) is 9.78 Å². The van der Waals surface area contributed by atoms with Crippen LogP contribution in [-0.2, 0) is 4.79 Å². The van der Waals surface area contributed by atoms with E-state index in [2.05, 4.69) is 17.2 Å². The first-order valence-electron chi connectivity index (χ1n) is 6.65. The van der Waals surface area contributed by atoms with Crippen molar-refractivity contribution in [3.05, 3.63) is 30.1 Å². The molecule has 1 amide bonds. The van der Waals surface area contributed by atoms with E-state index in [1.807, 2.05) is 24.0 Å². The summed E-state index contributed by atoms with van der Waals surface area (Å²) in [5, 5.41) is 3.28. The Hall–Kier alpha value is -1.42. The summed E-state index contributed by atoms with van der Waals surface area (Å²) < 4.78 is 0. The fourth-order valence-corrected chi connectivity index (χ4v) is 2.14. The van der Waals surface area contributed by atoms with E-state index in [-0.39, 0.29) is 11.9 Å². The van der Waals surface area contributed by atoms with Gasteiger partial charge in [-0.05, 0) is 44.4 Å². The summed E-state index contributed by atoms with van der Waals surface area (Å²) in [7, 11) is 0. The maximum Gasteiger partial charge on any atom is 0.236 e. The minimum absolute atomic E-state index is 0.176. The van der Waals surface area contributed by atoms with Crippen LogP contribution >= 0.6 is 0 Å². The second-order valence-electron chi connectivity index (χ2n) is 4.79. The Kier molecular flexibility index (Phi) is 4.31. The Bertz CT molecular complexity index is 389. The second kappa shape index (κ2) is 5.96. The fourth-order valence-electron chi connectivity index (χ4n) is 2.14. The van der Waals surface area contributed by atoms with Gasteiger partial charge in [0.25, 0.3) is 0 Å². The average Bonchev–Trinajstić information content (AvgIpc) is 3.22. The number of amides is 1. The molecule has 1 N–H and O–H groups in total. The largest absolute Gasteiger partial charge is 0.339 e. The third-order valence-corrected chi connectivity index (χ3v) is 3.41. The highest BCUT2D eigenvalue weighted by Gasteiger charge is 2.31. The van der Waals surface area contributed by atoms with Gasteiger partial charge in [0.1, 0.15) is 0 Å². The average molecular weight is 247 g/mol. The lowest BCUT2D eigenvalue weighted by atomic mass is 10.1. The standard InChI is InChI=1S/C14H21N3O/c1-3-17(13-4-5-13)14(18)10-16-11(2)12-6-8-15-9-7-12/h6-9,11,13,16H,3-5,10H2,1-2H3/t11-/m0/s1. The number of nitrogens with one attached hydrogen (secondary N) is 1. The van der Waals surface area contributed by atoms with E-state index in [9.17, 15) is 4.79 Å². The minimum atomic E-state index is 0.176. The Morgan fingerprint density at radius 2 is 2.17 bits per heavy atom. The molecule has 1 saturated carbocycles. The van der Waals surface area contributed by atoms with Gasteiger partial charge in [-0.1, -0.05) is 0 Å². The quantitative estimate of drug-likeness (QED) is 0.833. The van der Waals surface area contributed by atoms with Crippen LogP contribution < -0.4 is 5.32 Å². The number of carbonyl (C=O) groups is 1. The van der Waals surface area contributed by atoms with Crippen LogP contribution in [0, 0.1) is 0 Å². The van der Waals surface area contributed by atoms with Crippen LogP contribution in [0.2, 0.25) is 0 Å². The molecule has 1 atom stereocenters. The van der Waals surface area contributed by atoms with E-state index < -0.39 is 0 Å². The molecule has 1 aromatic heterocycles. The highest BCUT2D eigenvalue weighted by molar-refractivity contribution is 5.78. The Morgan fingerprint density at radius 1 is 1.50 bits per heavy atom. The van der Waals surface area contributed by atoms with Crippen molar-refractivity contribution in [1.29, 1.82) is 0 Å². The van der Waals surface area contributed by atoms with E-state index in [0.29, 0.717) is 12.6 Å². The molecule has 4 heteroatoms. The summed E-state index contributed by atoms with van der Waals surface area (Å²) in [6.45, 7) is 5.33. The van der Waals surface area contributed by atoms with Gasteiger partial charge in [-0.2, -0.15) is 0 Å². The van der Waals surface area contributed by atoms with Crippen LogP contribution in [0.1, 0.15) is 38.3 Å². The zero-order chi connectivity index (χ0) is 13.0. The van der Waals surface area contributed by atoms with Gasteiger partial charge in [0.2, 0.25) is 5.91 Å². The maximum atomic E-state index is 12.0. The Morgan fingerprint density at radius 3 is 2.72 bits per heavy atom. The molecule has 98 valence electrons. The molecule has 1 aromatic rings. The van der Waals surface area contributed by atoms with Crippen molar-refractivity contribution < 1.29 is 4.79 Å². The first-order valence-corrected chi connectivity index (χ1v) is 6.65. The Labute approximate surface area is 108 Å². The van der Waals surface area contributed by atoms with Gasteiger partial charge in [0.05, 0.1) is 6.54 Å². The molecule has 0 saturated heterocycles. The topological polar surface area (TPSA) is 45.2 Å². The SMILES string of the molecule is CCN(C(=O)CN[C@@H](C)c1ccncc1)C1CC1. The summed E-state index contributed by atoms with van der Waals surface area (Å²) >= 11 is 0. The number of pyridine rings is 1. The van der Waals surface area contributed by atoms with E-state index in [4.69, 9.17) is 0 Å². The fraction of sp³-hybridized carbons (Fsp3) is 0.571. The molecule has 0 aromatic carbocycles. The van der Waals surface area contributed by atoms with Gasteiger partial charge < -0.3 is 10.2 Å². The lowest BCUT2D eigenvalue weighted by Crippen LogP contribution is -2.40. The molecule has 1 aliphatic rings. The van der Waals surface area contributed by atoms with Gasteiger partial charge in [-0.25, -0.2) is 0 Å². The van der Waals surface area contributed by atoms with Crippen LogP contribution in [-0.4, -0.2) is 34.9 Å². The van der Waals surface area contributed by atoms with E-state index in [0.717, 1.165) is 12.1 Å². The van der Waals surface area contributed by atoms with Crippen molar-refractivity contribution in [3.8, 4) is 0 Å². The molecule has 1 fully saturated rings. The lowest BCUT2D eigenvalue weighted by molar-refractivity contribution is -0.130. The Balaban J connectivity index is 1.82. The number of nitrogens with zero attached hydrogens (tertiary/aromatic N) is 2. The summed E-state index contributed by atoms with van der Waals surface area (Å²) in [4.78, 5) is 18.0. The summed E-state index contributed by atoms with van der Waals surface area (Å²) in [6.07, 6.45) is 5.88. The monoisotopic (exact) mass is 247 g/mol. The molecule has 4 nitrogen and oxygen atoms in total. The molecule has 1 aliphatic carbocycles. The van der Waals surface area contributed by atoms with Gasteiger partial charge in [0.15, 0.2) is 0 Å². The number of hydrogen-bond donors (Lipinski definition) is 1. The molecule has 0 unspecified atom stereocenters. The van der Waals surface area contributed by atoms with Crippen LogP contribution in [0.3, 0.4) is 0 Å². The molecule has 0 radical (unpaired) electrons. The van der Waals surface area contributed by atoms with Crippen molar-refractivity contribution in [2.75, 3.05) is 13.1 Å². The smallest absolute Gasteiger partial charge is 0.236 e. The van der Waals surface area contributed by atoms with Crippen molar-refractivity contribution in [2.45, 2.75) is 38.8 Å². The minimum Gasteiger partial charge on any atom is -0.339 e. The van der Waals surface area contributed by atoms with E-state index in [1.165, 1.54) is 12.8 Å². The predicted molar refractivity (Wildman–Crippen MR) is 71.1 cm³/mol. The van der Waals surface area contributed by atoms with E-state index >= 15 is 0 Å². The molecule has 0 aliphatic heterocycles. The zero-order valence-corrected chi connectivity index (χ0v) is 11.1. The zero-order valence-electron chi connectivity index (χ0n) is 11.1. The number of hydrogen-bond acceptors (Lipinski definition) is 3. The molecule has 0 spiro atoms. The van der Waals surface area contributed by atoms with Crippen molar-refractivity contribution in [1.82, 2.24) is 15.2 Å². The number of aromatic nitrogens is 1. The molecule has 1 heterocycles. The number of carbonyl (C=O) groups excluding carboxylic acids is 1. The van der Waals surface area contributed by atoms with Gasteiger partial charge >= 0.3 is 0 Å². The predicted octanol–water partition coefficient (Wildman–Crippen LogP) is 1.74. The molecule has 2 rings (SSSR count). The molecular formula is C14H21N3O. The summed E-state index contributed by atoms with van der Waals surface area (Å²) in [5.74, 6) is 0.209. The van der Waals surface area contributed by atoms with Crippen LogP contribution in [0.15, 0.2) is 24.5 Å². The summed E-state index contributed by atoms with van der Waals surface area (Å²) in [5.41, 5.74) is 1.16. The number of rotatable bonds is 6. The lowest BCUT2D eigenvalue weighted by Gasteiger charge is -2.22.